The van der Waals surface area contributed by atoms with Crippen molar-refractivity contribution >= 4 is 29.8 Å². The zero-order valence-corrected chi connectivity index (χ0v) is 43.9. The van der Waals surface area contributed by atoms with E-state index in [9.17, 15) is 24.0 Å². The Morgan fingerprint density at radius 3 is 1.86 bits per heavy atom. The fraction of sp³-hybridized carbons (Fsp3) is 0.725. The molecular formula is C51H80N4O14. The minimum absolute atomic E-state index is 0.0840. The number of primary amides is 1. The van der Waals surface area contributed by atoms with Crippen molar-refractivity contribution in [3.63, 3.8) is 0 Å². The number of nitrogens with one attached hydrogen (secondary N) is 2. The highest BCUT2D eigenvalue weighted by molar-refractivity contribution is 5.83. The molecule has 0 aliphatic carbocycles. The topological polar surface area (TPSA) is 235 Å². The SMILES string of the molecule is CC(C)c1[nH]nc(O[C@@H]2O[C@H](COC(=O)C(C)(C)C)[C@@H](OC(=O)C(C)(C)C)[C@H](OC(=O)C(C)(C)C)[C@H]2OC(=O)C(C)(C)C)c1Cc1ccc(OCCCNC(C)(C)C(N)=O)cc1OC1CCOCC1. The minimum atomic E-state index is -1.56. The summed E-state index contributed by atoms with van der Waals surface area (Å²) in [6, 6.07) is 5.62. The van der Waals surface area contributed by atoms with Crippen LogP contribution in [0, 0.1) is 21.7 Å². The molecule has 0 unspecified atom stereocenters. The molecule has 4 N–H and O–H groups in total. The van der Waals surface area contributed by atoms with Crippen LogP contribution in [-0.2, 0) is 58.8 Å². The Hall–Kier alpha value is -4.94. The van der Waals surface area contributed by atoms with E-state index in [1.54, 1.807) is 96.9 Å². The zero-order chi connectivity index (χ0) is 51.9. The average molecular weight is 973 g/mol. The number of carbonyl (C=O) groups excluding carboxylic acids is 5. The van der Waals surface area contributed by atoms with Gasteiger partial charge in [0.15, 0.2) is 12.2 Å². The van der Waals surface area contributed by atoms with Crippen molar-refractivity contribution in [3.05, 3.63) is 35.0 Å². The molecule has 2 aliphatic heterocycles. The second kappa shape index (κ2) is 22.9. The Bertz CT molecular complexity index is 2080. The number of nitrogens with two attached hydrogens (primary N) is 1. The molecule has 0 bridgehead atoms. The first kappa shape index (κ1) is 56.6. The van der Waals surface area contributed by atoms with E-state index in [1.807, 2.05) is 32.0 Å². The Morgan fingerprint density at radius 2 is 1.32 bits per heavy atom. The molecule has 2 aliphatic rings. The highest BCUT2D eigenvalue weighted by Gasteiger charge is 2.56. The van der Waals surface area contributed by atoms with Gasteiger partial charge in [-0.3, -0.25) is 29.1 Å². The van der Waals surface area contributed by atoms with Crippen LogP contribution < -0.4 is 25.3 Å². The standard InChI is InChI=1S/C51H80N4O14/c1-29(2)36-33(26-30-18-19-32(27-34(30)64-31-20-24-61-25-21-31)62-23-17-22-53-51(15,16)42(52)56)40(55-54-36)69-41-39(68-46(60)50(12,13)14)38(67-45(59)49(9,10)11)37(66-44(58)48(6,7)8)35(65-41)28-63-43(57)47(3,4)5/h18-19,27,29,31,35,37-39,41,53H,17,20-26,28H2,1-16H3,(H2,52,56)(H,54,55)/t35-,37-,38+,39-,41+/m1/s1. The van der Waals surface area contributed by atoms with Gasteiger partial charge >= 0.3 is 23.9 Å². The first-order chi connectivity index (χ1) is 31.8. The van der Waals surface area contributed by atoms with Gasteiger partial charge in [-0.1, -0.05) is 19.9 Å². The monoisotopic (exact) mass is 973 g/mol. The van der Waals surface area contributed by atoms with E-state index in [0.29, 0.717) is 62.7 Å². The van der Waals surface area contributed by atoms with Crippen LogP contribution in [0.2, 0.25) is 0 Å². The highest BCUT2D eigenvalue weighted by atomic mass is 16.7. The first-order valence-electron chi connectivity index (χ1n) is 24.0. The third-order valence-corrected chi connectivity index (χ3v) is 11.5. The van der Waals surface area contributed by atoms with Gasteiger partial charge in [-0.15, -0.1) is 5.10 Å². The molecule has 1 amide bonds. The number of ether oxygens (including phenoxy) is 9. The predicted octanol–water partition coefficient (Wildman–Crippen LogP) is 6.87. The molecule has 3 heterocycles. The summed E-state index contributed by atoms with van der Waals surface area (Å²) < 4.78 is 56.2. The number of H-pyrrole nitrogens is 1. The Balaban J connectivity index is 1.82. The van der Waals surface area contributed by atoms with Crippen LogP contribution in [0.1, 0.15) is 153 Å². The Kier molecular flexibility index (Phi) is 18.8. The third-order valence-electron chi connectivity index (χ3n) is 11.5. The lowest BCUT2D eigenvalue weighted by atomic mass is 9.93. The van der Waals surface area contributed by atoms with Crippen molar-refractivity contribution in [2.75, 3.05) is 33.0 Å². The van der Waals surface area contributed by atoms with Gasteiger partial charge in [0.2, 0.25) is 24.2 Å². The summed E-state index contributed by atoms with van der Waals surface area (Å²) in [5.41, 5.74) is 2.73. The van der Waals surface area contributed by atoms with Crippen molar-refractivity contribution < 1.29 is 66.6 Å². The lowest BCUT2D eigenvalue weighted by Crippen LogP contribution is -2.65. The van der Waals surface area contributed by atoms with Crippen LogP contribution in [0.3, 0.4) is 0 Å². The van der Waals surface area contributed by atoms with Crippen LogP contribution in [0.4, 0.5) is 0 Å². The molecule has 5 atom stereocenters. The largest absolute Gasteiger partial charge is 0.493 e. The molecule has 69 heavy (non-hydrogen) atoms. The summed E-state index contributed by atoms with van der Waals surface area (Å²) in [5.74, 6) is -1.91. The molecular weight excluding hydrogens is 893 g/mol. The van der Waals surface area contributed by atoms with Gasteiger partial charge in [-0.25, -0.2) is 0 Å². The second-order valence-corrected chi connectivity index (χ2v) is 22.9. The van der Waals surface area contributed by atoms with E-state index >= 15 is 0 Å². The molecule has 0 radical (unpaired) electrons. The van der Waals surface area contributed by atoms with E-state index in [2.05, 4.69) is 15.5 Å². The van der Waals surface area contributed by atoms with E-state index < -0.39 is 94.3 Å². The van der Waals surface area contributed by atoms with Gasteiger partial charge in [0.05, 0.1) is 47.0 Å². The molecule has 2 aromatic rings. The average Bonchev–Trinajstić information content (AvgIpc) is 3.63. The number of esters is 4. The molecule has 1 aromatic carbocycles. The lowest BCUT2D eigenvalue weighted by molar-refractivity contribution is -0.294. The smallest absolute Gasteiger partial charge is 0.311 e. The maximum atomic E-state index is 13.9. The van der Waals surface area contributed by atoms with Crippen molar-refractivity contribution in [2.24, 2.45) is 27.4 Å². The summed E-state index contributed by atoms with van der Waals surface area (Å²) in [7, 11) is 0. The zero-order valence-electron chi connectivity index (χ0n) is 43.9. The highest BCUT2D eigenvalue weighted by Crippen LogP contribution is 2.39. The molecule has 18 heteroatoms. The summed E-state index contributed by atoms with van der Waals surface area (Å²) in [6.07, 6.45) is -5.25. The molecule has 4 rings (SSSR count). The van der Waals surface area contributed by atoms with Crippen LogP contribution in [0.15, 0.2) is 18.2 Å². The van der Waals surface area contributed by atoms with Gasteiger partial charge < -0.3 is 53.7 Å². The minimum Gasteiger partial charge on any atom is -0.493 e. The molecule has 1 aromatic heterocycles. The normalized spacial score (nSPS) is 20.7. The first-order valence-corrected chi connectivity index (χ1v) is 24.0. The van der Waals surface area contributed by atoms with Gasteiger partial charge in [-0.05, 0) is 127 Å². The molecule has 2 fully saturated rings. The van der Waals surface area contributed by atoms with Gasteiger partial charge in [0, 0.05) is 36.6 Å². The number of carbonyl (C=O) groups is 5. The number of hydrogen-bond donors (Lipinski definition) is 3. The fourth-order valence-corrected chi connectivity index (χ4v) is 6.80. The van der Waals surface area contributed by atoms with E-state index in [4.69, 9.17) is 48.4 Å². The molecule has 0 spiro atoms. The fourth-order valence-electron chi connectivity index (χ4n) is 6.80. The second-order valence-electron chi connectivity index (χ2n) is 22.9. The van der Waals surface area contributed by atoms with Crippen molar-refractivity contribution in [2.45, 2.75) is 185 Å². The van der Waals surface area contributed by atoms with Crippen LogP contribution in [-0.4, -0.2) is 115 Å². The maximum Gasteiger partial charge on any atom is 0.311 e. The molecule has 18 nitrogen and oxygen atoms in total. The maximum absolute atomic E-state index is 13.9. The summed E-state index contributed by atoms with van der Waals surface area (Å²) >= 11 is 0. The number of benzene rings is 1. The summed E-state index contributed by atoms with van der Waals surface area (Å²) in [6.45, 7) is 29.0. The molecule has 2 saturated heterocycles. The van der Waals surface area contributed by atoms with Crippen LogP contribution >= 0.6 is 0 Å². The summed E-state index contributed by atoms with van der Waals surface area (Å²) in [4.78, 5) is 66.6. The Labute approximate surface area is 408 Å². The van der Waals surface area contributed by atoms with E-state index in [0.717, 1.165) is 11.3 Å². The number of aromatic amines is 1. The lowest BCUT2D eigenvalue weighted by Gasteiger charge is -2.45. The van der Waals surface area contributed by atoms with Crippen molar-refractivity contribution in [1.82, 2.24) is 15.5 Å². The number of nitrogens with zero attached hydrogens (tertiary/aromatic N) is 1. The quantitative estimate of drug-likeness (QED) is 0.0740. The van der Waals surface area contributed by atoms with Crippen molar-refractivity contribution in [1.29, 1.82) is 0 Å². The van der Waals surface area contributed by atoms with Crippen molar-refractivity contribution in [3.8, 4) is 17.4 Å². The van der Waals surface area contributed by atoms with Crippen LogP contribution in [0.5, 0.6) is 17.4 Å². The van der Waals surface area contributed by atoms with E-state index in [1.165, 1.54) is 0 Å². The molecule has 388 valence electrons. The summed E-state index contributed by atoms with van der Waals surface area (Å²) in [5, 5.41) is 10.9. The van der Waals surface area contributed by atoms with Gasteiger partial charge in [-0.2, -0.15) is 0 Å². The van der Waals surface area contributed by atoms with Gasteiger partial charge in [0.1, 0.15) is 30.3 Å². The molecule has 0 saturated carbocycles. The van der Waals surface area contributed by atoms with E-state index in [-0.39, 0.29) is 24.3 Å². The number of aromatic nitrogens is 2. The predicted molar refractivity (Wildman–Crippen MR) is 255 cm³/mol. The number of hydrogen-bond acceptors (Lipinski definition) is 16. The van der Waals surface area contributed by atoms with Gasteiger partial charge in [0.25, 0.3) is 0 Å². The third kappa shape index (κ3) is 16.0. The number of rotatable bonds is 19. The Morgan fingerprint density at radius 1 is 0.768 bits per heavy atom. The van der Waals surface area contributed by atoms with Crippen LogP contribution in [0.25, 0.3) is 0 Å². The number of amides is 1.